The van der Waals surface area contributed by atoms with Crippen LogP contribution in [-0.2, 0) is 4.74 Å². The van der Waals surface area contributed by atoms with Crippen molar-refractivity contribution in [3.05, 3.63) is 0 Å². The van der Waals surface area contributed by atoms with Gasteiger partial charge >= 0.3 is 0 Å². The molecule has 0 aromatic rings. The quantitative estimate of drug-likeness (QED) is 0.420. The molecule has 0 aromatic carbocycles. The van der Waals surface area contributed by atoms with Gasteiger partial charge in [0.2, 0.25) is 0 Å². The Morgan fingerprint density at radius 3 is 1.86 bits per heavy atom. The highest BCUT2D eigenvalue weighted by Crippen LogP contribution is 2.20. The van der Waals surface area contributed by atoms with Crippen molar-refractivity contribution < 1.29 is 4.74 Å². The van der Waals surface area contributed by atoms with Gasteiger partial charge in [-0.1, -0.05) is 72.1 Å². The van der Waals surface area contributed by atoms with Gasteiger partial charge in [-0.3, -0.25) is 0 Å². The first kappa shape index (κ1) is 20.5. The zero-order valence-electron chi connectivity index (χ0n) is 15.4. The Bertz CT molecular complexity index is 286. The Hall–Kier alpha value is -0.480. The topological polar surface area (TPSA) is 9.23 Å². The minimum Gasteiger partial charge on any atom is -0.369 e. The van der Waals surface area contributed by atoms with Gasteiger partial charge in [-0.25, -0.2) is 0 Å². The maximum atomic E-state index is 5.13. The fourth-order valence-electron chi connectivity index (χ4n) is 2.52. The number of methoxy groups -OCH3 is 1. The van der Waals surface area contributed by atoms with Gasteiger partial charge in [0.05, 0.1) is 0 Å². The van der Waals surface area contributed by atoms with Crippen LogP contribution in [0.3, 0.4) is 0 Å². The van der Waals surface area contributed by atoms with E-state index in [1.807, 2.05) is 6.92 Å². The van der Waals surface area contributed by atoms with Crippen LogP contribution in [0.2, 0.25) is 0 Å². The molecule has 0 N–H and O–H groups in total. The molecule has 0 aliphatic rings. The summed E-state index contributed by atoms with van der Waals surface area (Å²) in [6.45, 7) is 11.4. The Morgan fingerprint density at radius 2 is 1.33 bits per heavy atom. The zero-order chi connectivity index (χ0) is 16.1. The molecular formula is C20H38O. The van der Waals surface area contributed by atoms with Crippen molar-refractivity contribution >= 4 is 0 Å². The van der Waals surface area contributed by atoms with E-state index >= 15 is 0 Å². The highest BCUT2D eigenvalue weighted by Gasteiger charge is 2.06. The van der Waals surface area contributed by atoms with E-state index in [2.05, 4.69) is 39.5 Å². The fourth-order valence-corrected chi connectivity index (χ4v) is 2.52. The Balaban J connectivity index is 3.60. The SMILES string of the molecule is CCC(C)CCCC(C)CCCC(C)CC#CC(C)OC. The number of hydrogen-bond donors (Lipinski definition) is 0. The highest BCUT2D eigenvalue weighted by molar-refractivity contribution is 5.04. The maximum Gasteiger partial charge on any atom is 0.115 e. The smallest absolute Gasteiger partial charge is 0.115 e. The average molecular weight is 295 g/mol. The van der Waals surface area contributed by atoms with Crippen LogP contribution in [-0.4, -0.2) is 13.2 Å². The largest absolute Gasteiger partial charge is 0.369 e. The van der Waals surface area contributed by atoms with Crippen LogP contribution in [0, 0.1) is 29.6 Å². The second kappa shape index (κ2) is 13.2. The van der Waals surface area contributed by atoms with Gasteiger partial charge in [-0.05, 0) is 31.1 Å². The van der Waals surface area contributed by atoms with E-state index in [9.17, 15) is 0 Å². The molecule has 0 amide bonds. The lowest BCUT2D eigenvalue weighted by Gasteiger charge is -2.14. The number of ether oxygens (including phenoxy) is 1. The van der Waals surface area contributed by atoms with E-state index < -0.39 is 0 Å². The molecule has 0 spiro atoms. The lowest BCUT2D eigenvalue weighted by molar-refractivity contribution is 0.163. The molecule has 0 aliphatic carbocycles. The van der Waals surface area contributed by atoms with Crippen LogP contribution in [0.4, 0.5) is 0 Å². The van der Waals surface area contributed by atoms with Crippen molar-refractivity contribution in [2.24, 2.45) is 17.8 Å². The second-order valence-corrected chi connectivity index (χ2v) is 6.99. The molecule has 21 heavy (non-hydrogen) atoms. The first-order valence-corrected chi connectivity index (χ1v) is 9.00. The molecule has 4 unspecified atom stereocenters. The molecule has 0 rings (SSSR count). The molecule has 1 nitrogen and oxygen atoms in total. The zero-order valence-corrected chi connectivity index (χ0v) is 15.4. The summed E-state index contributed by atoms with van der Waals surface area (Å²) in [4.78, 5) is 0. The van der Waals surface area contributed by atoms with Crippen molar-refractivity contribution in [2.75, 3.05) is 7.11 Å². The van der Waals surface area contributed by atoms with E-state index in [4.69, 9.17) is 4.74 Å². The highest BCUT2D eigenvalue weighted by atomic mass is 16.5. The van der Waals surface area contributed by atoms with Gasteiger partial charge in [-0.2, -0.15) is 0 Å². The molecule has 124 valence electrons. The summed E-state index contributed by atoms with van der Waals surface area (Å²) in [6, 6.07) is 0. The van der Waals surface area contributed by atoms with E-state index in [1.54, 1.807) is 7.11 Å². The first-order valence-electron chi connectivity index (χ1n) is 9.00. The van der Waals surface area contributed by atoms with Crippen molar-refractivity contribution in [3.8, 4) is 11.8 Å². The van der Waals surface area contributed by atoms with Crippen molar-refractivity contribution in [2.45, 2.75) is 92.1 Å². The van der Waals surface area contributed by atoms with Gasteiger partial charge in [0.1, 0.15) is 6.10 Å². The van der Waals surface area contributed by atoms with E-state index in [-0.39, 0.29) is 6.10 Å². The third-order valence-corrected chi connectivity index (χ3v) is 4.59. The molecule has 0 saturated carbocycles. The predicted octanol–water partition coefficient (Wildman–Crippen LogP) is 6.07. The summed E-state index contributed by atoms with van der Waals surface area (Å²) in [7, 11) is 1.71. The third-order valence-electron chi connectivity index (χ3n) is 4.59. The Labute approximate surface area is 134 Å². The monoisotopic (exact) mass is 294 g/mol. The van der Waals surface area contributed by atoms with Crippen molar-refractivity contribution in [3.63, 3.8) is 0 Å². The third kappa shape index (κ3) is 12.9. The van der Waals surface area contributed by atoms with E-state index in [0.29, 0.717) is 5.92 Å². The van der Waals surface area contributed by atoms with Gasteiger partial charge < -0.3 is 4.74 Å². The molecular weight excluding hydrogens is 256 g/mol. The van der Waals surface area contributed by atoms with Gasteiger partial charge in [0, 0.05) is 13.5 Å². The molecule has 0 heterocycles. The van der Waals surface area contributed by atoms with E-state index in [1.165, 1.54) is 44.9 Å². The van der Waals surface area contributed by atoms with Gasteiger partial charge in [0.15, 0.2) is 0 Å². The molecule has 1 heteroatoms. The maximum absolute atomic E-state index is 5.13. The summed E-state index contributed by atoms with van der Waals surface area (Å²) in [6.07, 6.45) is 10.7. The molecule has 0 bridgehead atoms. The Morgan fingerprint density at radius 1 is 0.810 bits per heavy atom. The summed E-state index contributed by atoms with van der Waals surface area (Å²) in [5.74, 6) is 8.90. The van der Waals surface area contributed by atoms with Crippen LogP contribution in [0.1, 0.15) is 86.0 Å². The normalized spacial score (nSPS) is 16.7. The van der Waals surface area contributed by atoms with Crippen molar-refractivity contribution in [1.82, 2.24) is 0 Å². The van der Waals surface area contributed by atoms with Crippen LogP contribution >= 0.6 is 0 Å². The van der Waals surface area contributed by atoms with Crippen LogP contribution in [0.15, 0.2) is 0 Å². The molecule has 0 saturated heterocycles. The lowest BCUT2D eigenvalue weighted by atomic mass is 9.92. The first-order chi connectivity index (χ1) is 9.99. The summed E-state index contributed by atoms with van der Waals surface area (Å²) in [5.41, 5.74) is 0. The van der Waals surface area contributed by atoms with Crippen LogP contribution < -0.4 is 0 Å². The van der Waals surface area contributed by atoms with Gasteiger partial charge in [-0.15, -0.1) is 5.92 Å². The van der Waals surface area contributed by atoms with Gasteiger partial charge in [0.25, 0.3) is 0 Å². The average Bonchev–Trinajstić information content (AvgIpc) is 2.46. The lowest BCUT2D eigenvalue weighted by Crippen LogP contribution is -2.01. The predicted molar refractivity (Wildman–Crippen MR) is 94.3 cm³/mol. The minimum absolute atomic E-state index is 0.0720. The van der Waals surface area contributed by atoms with Crippen molar-refractivity contribution in [1.29, 1.82) is 0 Å². The van der Waals surface area contributed by atoms with Crippen LogP contribution in [0.5, 0.6) is 0 Å². The standard InChI is InChI=1S/C20H38O/c1-7-17(2)11-8-12-18(3)13-9-14-19(4)15-10-16-20(5)21-6/h17-20H,7-9,11-15H2,1-6H3. The van der Waals surface area contributed by atoms with Crippen LogP contribution in [0.25, 0.3) is 0 Å². The fraction of sp³-hybridized carbons (Fsp3) is 0.900. The molecule has 0 radical (unpaired) electrons. The Kier molecular flexibility index (Phi) is 12.9. The summed E-state index contributed by atoms with van der Waals surface area (Å²) >= 11 is 0. The molecule has 4 atom stereocenters. The molecule has 0 fully saturated rings. The number of hydrogen-bond acceptors (Lipinski definition) is 1. The molecule has 0 aliphatic heterocycles. The summed E-state index contributed by atoms with van der Waals surface area (Å²) < 4.78 is 5.13. The minimum atomic E-state index is 0.0720. The molecule has 0 aromatic heterocycles. The summed E-state index contributed by atoms with van der Waals surface area (Å²) in [5, 5.41) is 0. The number of rotatable bonds is 11. The second-order valence-electron chi connectivity index (χ2n) is 6.99. The van der Waals surface area contributed by atoms with E-state index in [0.717, 1.165) is 18.3 Å².